The van der Waals surface area contributed by atoms with E-state index >= 15 is 0 Å². The first-order valence-electron chi connectivity index (χ1n) is 11.8. The maximum Gasteiger partial charge on any atom is 0.410 e. The summed E-state index contributed by atoms with van der Waals surface area (Å²) < 4.78 is 5.47. The number of hydrogen-bond donors (Lipinski definition) is 1. The summed E-state index contributed by atoms with van der Waals surface area (Å²) in [5.74, 6) is -0.102. The third-order valence-electron chi connectivity index (χ3n) is 6.00. The van der Waals surface area contributed by atoms with Gasteiger partial charge in [-0.3, -0.25) is 4.79 Å². The maximum absolute atomic E-state index is 12.8. The van der Waals surface area contributed by atoms with Gasteiger partial charge < -0.3 is 24.8 Å². The molecule has 2 aromatic rings. The number of ether oxygens (including phenoxy) is 1. The number of carbonyl (C=O) groups excluding carboxylic acids is 2. The standard InChI is InChI=1S/C26H34N4O3/c1-26(2,3)33-25(32)30-17-15-29(16-18-30)22-11-9-21(10-12-22)27-24(31)20-7-6-8-23(19-20)28-13-4-5-14-28/h6-12,19H,4-5,13-18H2,1-3H3,(H,27,31). The quantitative estimate of drug-likeness (QED) is 0.738. The summed E-state index contributed by atoms with van der Waals surface area (Å²) in [6.45, 7) is 10.5. The molecule has 0 radical (unpaired) electrons. The average Bonchev–Trinajstić information content (AvgIpc) is 3.34. The molecule has 0 spiro atoms. The largest absolute Gasteiger partial charge is 0.444 e. The molecule has 0 bridgehead atoms. The molecular weight excluding hydrogens is 416 g/mol. The van der Waals surface area contributed by atoms with Crippen LogP contribution in [0.1, 0.15) is 44.0 Å². The van der Waals surface area contributed by atoms with Crippen LogP contribution in [-0.2, 0) is 4.74 Å². The van der Waals surface area contributed by atoms with Crippen LogP contribution >= 0.6 is 0 Å². The van der Waals surface area contributed by atoms with Gasteiger partial charge in [-0.2, -0.15) is 0 Å². The van der Waals surface area contributed by atoms with Crippen molar-refractivity contribution in [2.75, 3.05) is 54.4 Å². The van der Waals surface area contributed by atoms with E-state index in [1.54, 1.807) is 4.90 Å². The lowest BCUT2D eigenvalue weighted by Crippen LogP contribution is -2.50. The highest BCUT2D eigenvalue weighted by molar-refractivity contribution is 6.04. The van der Waals surface area contributed by atoms with Gasteiger partial charge in [0.2, 0.25) is 0 Å². The second kappa shape index (κ2) is 9.73. The predicted molar refractivity (Wildman–Crippen MR) is 132 cm³/mol. The molecule has 2 aliphatic heterocycles. The van der Waals surface area contributed by atoms with Crippen molar-refractivity contribution in [3.8, 4) is 0 Å². The molecule has 2 saturated heterocycles. The Morgan fingerprint density at radius 3 is 2.09 bits per heavy atom. The first-order valence-corrected chi connectivity index (χ1v) is 11.8. The molecule has 2 aromatic carbocycles. The summed E-state index contributed by atoms with van der Waals surface area (Å²) in [5.41, 5.74) is 3.14. The fourth-order valence-corrected chi connectivity index (χ4v) is 4.25. The van der Waals surface area contributed by atoms with Gasteiger partial charge in [0.05, 0.1) is 0 Å². The topological polar surface area (TPSA) is 65.1 Å². The summed E-state index contributed by atoms with van der Waals surface area (Å²) in [5, 5.41) is 3.00. The molecule has 0 unspecified atom stereocenters. The van der Waals surface area contributed by atoms with E-state index in [-0.39, 0.29) is 12.0 Å². The highest BCUT2D eigenvalue weighted by atomic mass is 16.6. The molecule has 33 heavy (non-hydrogen) atoms. The van der Waals surface area contributed by atoms with E-state index in [1.165, 1.54) is 12.8 Å². The zero-order chi connectivity index (χ0) is 23.4. The average molecular weight is 451 g/mol. The van der Waals surface area contributed by atoms with Crippen LogP contribution in [0.15, 0.2) is 48.5 Å². The monoisotopic (exact) mass is 450 g/mol. The lowest BCUT2D eigenvalue weighted by Gasteiger charge is -2.36. The fourth-order valence-electron chi connectivity index (χ4n) is 4.25. The zero-order valence-corrected chi connectivity index (χ0v) is 19.8. The van der Waals surface area contributed by atoms with Gasteiger partial charge in [-0.1, -0.05) is 6.07 Å². The first-order chi connectivity index (χ1) is 15.8. The number of piperazine rings is 1. The van der Waals surface area contributed by atoms with E-state index in [2.05, 4.69) is 21.2 Å². The van der Waals surface area contributed by atoms with Crippen molar-refractivity contribution in [3.63, 3.8) is 0 Å². The van der Waals surface area contributed by atoms with Gasteiger partial charge in [0, 0.05) is 61.9 Å². The van der Waals surface area contributed by atoms with Crippen LogP contribution in [-0.4, -0.2) is 61.8 Å². The Bertz CT molecular complexity index is 970. The van der Waals surface area contributed by atoms with Gasteiger partial charge in [0.15, 0.2) is 0 Å². The van der Waals surface area contributed by atoms with Gasteiger partial charge in [0.25, 0.3) is 5.91 Å². The highest BCUT2D eigenvalue weighted by Gasteiger charge is 2.26. The Morgan fingerprint density at radius 2 is 1.45 bits per heavy atom. The van der Waals surface area contributed by atoms with Crippen molar-refractivity contribution in [3.05, 3.63) is 54.1 Å². The van der Waals surface area contributed by atoms with Gasteiger partial charge in [-0.15, -0.1) is 0 Å². The van der Waals surface area contributed by atoms with E-state index in [0.717, 1.165) is 43.2 Å². The predicted octanol–water partition coefficient (Wildman–Crippen LogP) is 4.60. The Hall–Kier alpha value is -3.22. The smallest absolute Gasteiger partial charge is 0.410 e. The number of hydrogen-bond acceptors (Lipinski definition) is 5. The molecule has 0 saturated carbocycles. The van der Waals surface area contributed by atoms with Crippen molar-refractivity contribution in [2.24, 2.45) is 0 Å². The van der Waals surface area contributed by atoms with Gasteiger partial charge in [-0.25, -0.2) is 4.79 Å². The Labute approximate surface area is 196 Å². The summed E-state index contributed by atoms with van der Waals surface area (Å²) >= 11 is 0. The number of benzene rings is 2. The summed E-state index contributed by atoms with van der Waals surface area (Å²) in [6.07, 6.45) is 2.16. The number of rotatable bonds is 4. The Balaban J connectivity index is 1.31. The van der Waals surface area contributed by atoms with Crippen LogP contribution in [0, 0.1) is 0 Å². The summed E-state index contributed by atoms with van der Waals surface area (Å²) in [7, 11) is 0. The number of amides is 2. The minimum absolute atomic E-state index is 0.102. The molecule has 7 nitrogen and oxygen atoms in total. The molecule has 0 aromatic heterocycles. The maximum atomic E-state index is 12.8. The van der Waals surface area contributed by atoms with Gasteiger partial charge in [-0.05, 0) is 76.1 Å². The molecule has 2 fully saturated rings. The van der Waals surface area contributed by atoms with Crippen LogP contribution in [0.3, 0.4) is 0 Å². The number of carbonyl (C=O) groups is 2. The molecule has 2 heterocycles. The molecule has 1 N–H and O–H groups in total. The Morgan fingerprint density at radius 1 is 0.818 bits per heavy atom. The minimum Gasteiger partial charge on any atom is -0.444 e. The van der Waals surface area contributed by atoms with E-state index in [4.69, 9.17) is 4.74 Å². The molecule has 0 atom stereocenters. The third-order valence-corrected chi connectivity index (χ3v) is 6.00. The molecule has 2 amide bonds. The van der Waals surface area contributed by atoms with Gasteiger partial charge in [0.1, 0.15) is 5.60 Å². The second-order valence-corrected chi connectivity index (χ2v) is 9.70. The third kappa shape index (κ3) is 5.97. The van der Waals surface area contributed by atoms with E-state index in [1.807, 2.05) is 63.2 Å². The lowest BCUT2D eigenvalue weighted by atomic mass is 10.1. The van der Waals surface area contributed by atoms with Crippen LogP contribution < -0.4 is 15.1 Å². The van der Waals surface area contributed by atoms with Crippen molar-refractivity contribution in [1.82, 2.24) is 4.90 Å². The zero-order valence-electron chi connectivity index (χ0n) is 19.8. The molecule has 7 heteroatoms. The van der Waals surface area contributed by atoms with Crippen molar-refractivity contribution < 1.29 is 14.3 Å². The first kappa shape index (κ1) is 23.0. The minimum atomic E-state index is -0.482. The number of nitrogens with one attached hydrogen (secondary N) is 1. The SMILES string of the molecule is CC(C)(C)OC(=O)N1CCN(c2ccc(NC(=O)c3cccc(N4CCCC4)c3)cc2)CC1. The molecule has 176 valence electrons. The fraction of sp³-hybridized carbons (Fsp3) is 0.462. The highest BCUT2D eigenvalue weighted by Crippen LogP contribution is 2.23. The van der Waals surface area contributed by atoms with Crippen molar-refractivity contribution in [2.45, 2.75) is 39.2 Å². The number of anilines is 3. The molecule has 4 rings (SSSR count). The van der Waals surface area contributed by atoms with E-state index < -0.39 is 5.60 Å². The van der Waals surface area contributed by atoms with Crippen molar-refractivity contribution >= 4 is 29.1 Å². The normalized spacial score (nSPS) is 16.6. The lowest BCUT2D eigenvalue weighted by molar-refractivity contribution is 0.0240. The summed E-state index contributed by atoms with van der Waals surface area (Å²) in [6, 6.07) is 15.7. The molecule has 0 aliphatic carbocycles. The molecule has 2 aliphatic rings. The van der Waals surface area contributed by atoms with Crippen LogP contribution in [0.4, 0.5) is 21.9 Å². The van der Waals surface area contributed by atoms with Crippen LogP contribution in [0.5, 0.6) is 0 Å². The molecular formula is C26H34N4O3. The van der Waals surface area contributed by atoms with E-state index in [9.17, 15) is 9.59 Å². The second-order valence-electron chi connectivity index (χ2n) is 9.70. The van der Waals surface area contributed by atoms with E-state index in [0.29, 0.717) is 18.7 Å². The van der Waals surface area contributed by atoms with Crippen LogP contribution in [0.25, 0.3) is 0 Å². The van der Waals surface area contributed by atoms with Crippen molar-refractivity contribution in [1.29, 1.82) is 0 Å². The van der Waals surface area contributed by atoms with Crippen LogP contribution in [0.2, 0.25) is 0 Å². The van der Waals surface area contributed by atoms with Gasteiger partial charge >= 0.3 is 6.09 Å². The Kier molecular flexibility index (Phi) is 6.77. The number of nitrogens with zero attached hydrogens (tertiary/aromatic N) is 3. The summed E-state index contributed by atoms with van der Waals surface area (Å²) in [4.78, 5) is 31.4.